The SMILES string of the molecule is CC.CC(C)(C)O.CSN1Cc2cc(OCc3csc(Oc4ccc(N)cc4)n3)ccc2-c2c(C)c(-c3ccc(C)cc3)c(CC(=O)O)c(C)c21. The largest absolute Gasteiger partial charge is 0.487 e. The Morgan fingerprint density at radius 1 is 0.961 bits per heavy atom. The second-order valence-electron chi connectivity index (χ2n) is 13.0. The number of hydrogen-bond donors (Lipinski definition) is 3. The number of fused-ring (bicyclic) bond motifs is 3. The molecule has 6 rings (SSSR count). The second kappa shape index (κ2) is 17.1. The van der Waals surface area contributed by atoms with Crippen molar-refractivity contribution in [2.75, 3.05) is 16.3 Å². The van der Waals surface area contributed by atoms with E-state index in [0.29, 0.717) is 29.8 Å². The third-order valence-electron chi connectivity index (χ3n) is 7.90. The summed E-state index contributed by atoms with van der Waals surface area (Å²) in [6.07, 6.45) is 2.02. The van der Waals surface area contributed by atoms with Crippen LogP contribution in [0, 0.1) is 20.8 Å². The Balaban J connectivity index is 0.000000768. The van der Waals surface area contributed by atoms with E-state index in [4.69, 9.17) is 20.3 Å². The fraction of sp³-hybridized carbons (Fsp3) is 0.317. The van der Waals surface area contributed by atoms with Crippen LogP contribution in [0.1, 0.15) is 68.1 Å². The number of carboxylic acids is 1. The Labute approximate surface area is 310 Å². The number of anilines is 2. The molecular weight excluding hydrogens is 679 g/mol. The minimum Gasteiger partial charge on any atom is -0.487 e. The van der Waals surface area contributed by atoms with Gasteiger partial charge in [0.05, 0.1) is 29.9 Å². The summed E-state index contributed by atoms with van der Waals surface area (Å²) in [5.74, 6) is 0.608. The molecule has 0 saturated carbocycles. The first-order valence-corrected chi connectivity index (χ1v) is 19.0. The number of aryl methyl sites for hydroxylation is 1. The first-order valence-electron chi connectivity index (χ1n) is 16.9. The maximum atomic E-state index is 12.0. The van der Waals surface area contributed by atoms with E-state index in [2.05, 4.69) is 72.7 Å². The molecule has 0 amide bonds. The van der Waals surface area contributed by atoms with E-state index in [1.807, 2.05) is 37.4 Å². The molecule has 2 heterocycles. The van der Waals surface area contributed by atoms with Crippen LogP contribution in [0.3, 0.4) is 0 Å². The van der Waals surface area contributed by atoms with E-state index < -0.39 is 11.6 Å². The Morgan fingerprint density at radius 3 is 2.20 bits per heavy atom. The number of ether oxygens (including phenoxy) is 2. The summed E-state index contributed by atoms with van der Waals surface area (Å²) in [6.45, 7) is 16.4. The van der Waals surface area contributed by atoms with Crippen molar-refractivity contribution in [2.24, 2.45) is 0 Å². The third kappa shape index (κ3) is 10.1. The molecule has 0 fully saturated rings. The molecule has 0 radical (unpaired) electrons. The van der Waals surface area contributed by atoms with Crippen LogP contribution in [0.15, 0.2) is 72.1 Å². The Bertz CT molecular complexity index is 1940. The number of aliphatic carboxylic acids is 1. The van der Waals surface area contributed by atoms with Gasteiger partial charge in [-0.3, -0.25) is 4.79 Å². The van der Waals surface area contributed by atoms with Crippen LogP contribution in [0.4, 0.5) is 11.4 Å². The van der Waals surface area contributed by atoms with Crippen LogP contribution in [0.2, 0.25) is 0 Å². The molecular formula is C41H49N3O5S2. The lowest BCUT2D eigenvalue weighted by Crippen LogP contribution is -2.22. The molecule has 270 valence electrons. The number of rotatable bonds is 9. The number of nitrogens with two attached hydrogens (primary N) is 1. The molecule has 0 atom stereocenters. The van der Waals surface area contributed by atoms with Crippen molar-refractivity contribution in [1.82, 2.24) is 4.98 Å². The van der Waals surface area contributed by atoms with Gasteiger partial charge in [-0.25, -0.2) is 4.98 Å². The van der Waals surface area contributed by atoms with Gasteiger partial charge in [0.2, 0.25) is 0 Å². The maximum absolute atomic E-state index is 12.0. The average molecular weight is 728 g/mol. The highest BCUT2D eigenvalue weighted by atomic mass is 32.2. The molecule has 10 heteroatoms. The first-order chi connectivity index (χ1) is 24.2. The van der Waals surface area contributed by atoms with Crippen molar-refractivity contribution in [3.8, 4) is 38.9 Å². The number of aliphatic hydroxyl groups is 1. The van der Waals surface area contributed by atoms with Gasteiger partial charge < -0.3 is 29.7 Å². The quantitative estimate of drug-likeness (QED) is 0.101. The van der Waals surface area contributed by atoms with Crippen LogP contribution in [0.25, 0.3) is 22.3 Å². The van der Waals surface area contributed by atoms with Crippen molar-refractivity contribution in [3.05, 3.63) is 106 Å². The Morgan fingerprint density at radius 2 is 1.59 bits per heavy atom. The Hall–Kier alpha value is -4.51. The molecule has 0 spiro atoms. The minimum absolute atomic E-state index is 0.0334. The third-order valence-corrected chi connectivity index (χ3v) is 9.42. The molecule has 51 heavy (non-hydrogen) atoms. The number of nitrogens with zero attached hydrogens (tertiary/aromatic N) is 2. The van der Waals surface area contributed by atoms with Crippen molar-refractivity contribution in [3.63, 3.8) is 0 Å². The number of thiazole rings is 1. The van der Waals surface area contributed by atoms with Crippen molar-refractivity contribution >= 4 is 40.6 Å². The van der Waals surface area contributed by atoms with Gasteiger partial charge in [-0.2, -0.15) is 0 Å². The predicted molar refractivity (Wildman–Crippen MR) is 213 cm³/mol. The van der Waals surface area contributed by atoms with Gasteiger partial charge in [-0.15, -0.1) is 0 Å². The molecule has 1 aliphatic heterocycles. The average Bonchev–Trinajstić information content (AvgIpc) is 3.54. The van der Waals surface area contributed by atoms with Crippen LogP contribution in [-0.4, -0.2) is 33.0 Å². The lowest BCUT2D eigenvalue weighted by Gasteiger charge is -2.36. The number of carbonyl (C=O) groups is 1. The molecule has 0 saturated heterocycles. The summed E-state index contributed by atoms with van der Waals surface area (Å²) < 4.78 is 14.3. The zero-order valence-electron chi connectivity index (χ0n) is 31.0. The lowest BCUT2D eigenvalue weighted by molar-refractivity contribution is -0.136. The Kier molecular flexibility index (Phi) is 13.2. The molecule has 0 bridgehead atoms. The van der Waals surface area contributed by atoms with E-state index in [1.54, 1.807) is 44.9 Å². The van der Waals surface area contributed by atoms with Crippen LogP contribution >= 0.6 is 23.3 Å². The molecule has 1 aliphatic rings. The molecule has 4 N–H and O–H groups in total. The number of nitrogen functional groups attached to an aromatic ring is 1. The fourth-order valence-corrected chi connectivity index (χ4v) is 7.14. The molecule has 0 unspecified atom stereocenters. The summed E-state index contributed by atoms with van der Waals surface area (Å²) in [6, 6.07) is 21.8. The van der Waals surface area contributed by atoms with E-state index in [-0.39, 0.29) is 6.42 Å². The number of hydrogen-bond acceptors (Lipinski definition) is 9. The van der Waals surface area contributed by atoms with E-state index in [0.717, 1.165) is 67.2 Å². The van der Waals surface area contributed by atoms with Crippen molar-refractivity contribution in [1.29, 1.82) is 0 Å². The summed E-state index contributed by atoms with van der Waals surface area (Å²) in [4.78, 5) is 16.6. The number of carboxylic acid groups (broad SMARTS) is 1. The first kappa shape index (κ1) is 39.3. The van der Waals surface area contributed by atoms with E-state index >= 15 is 0 Å². The number of aromatic nitrogens is 1. The van der Waals surface area contributed by atoms with Gasteiger partial charge in [-0.1, -0.05) is 73.0 Å². The van der Waals surface area contributed by atoms with Crippen molar-refractivity contribution in [2.45, 2.75) is 80.6 Å². The topological polar surface area (TPSA) is 118 Å². The maximum Gasteiger partial charge on any atom is 0.307 e. The van der Waals surface area contributed by atoms with Gasteiger partial charge in [0.25, 0.3) is 5.19 Å². The lowest BCUT2D eigenvalue weighted by atomic mass is 9.81. The smallest absolute Gasteiger partial charge is 0.307 e. The van der Waals surface area contributed by atoms with Gasteiger partial charge in [0, 0.05) is 22.9 Å². The summed E-state index contributed by atoms with van der Waals surface area (Å²) in [5, 5.41) is 20.9. The summed E-state index contributed by atoms with van der Waals surface area (Å²) in [5.41, 5.74) is 17.4. The fourth-order valence-electron chi connectivity index (χ4n) is 5.79. The standard InChI is InChI=1S/C35H33N3O4S2.C4H10O.C2H6/c1-20-5-7-23(8-6-20)32-22(3)33-29-14-13-28(15-24(29)17-38(43-4)34(33)21(2)30(32)16-31(39)40)41-18-26-19-44-35(37-26)42-27-11-9-25(36)10-12-27;1-4(2,3)5;1-2/h5-15,19H,16-18,36H2,1-4H3,(H,39,40);5H,1-3H3;1-2H3. The van der Waals surface area contributed by atoms with Crippen LogP contribution < -0.4 is 19.5 Å². The predicted octanol–water partition coefficient (Wildman–Crippen LogP) is 10.4. The van der Waals surface area contributed by atoms with Crippen LogP contribution in [0.5, 0.6) is 16.7 Å². The van der Waals surface area contributed by atoms with Gasteiger partial charge in [-0.05, 0) is 117 Å². The molecule has 0 aliphatic carbocycles. The van der Waals surface area contributed by atoms with Crippen molar-refractivity contribution < 1.29 is 24.5 Å². The van der Waals surface area contributed by atoms with Gasteiger partial charge >= 0.3 is 5.97 Å². The highest BCUT2D eigenvalue weighted by Gasteiger charge is 2.30. The normalized spacial score (nSPS) is 11.7. The second-order valence-corrected chi connectivity index (χ2v) is 14.7. The zero-order valence-corrected chi connectivity index (χ0v) is 32.6. The summed E-state index contributed by atoms with van der Waals surface area (Å²) in [7, 11) is 0. The molecule has 1 aromatic heterocycles. The summed E-state index contributed by atoms with van der Waals surface area (Å²) >= 11 is 3.06. The van der Waals surface area contributed by atoms with Gasteiger partial charge in [0.15, 0.2) is 0 Å². The molecule has 5 aromatic rings. The molecule has 8 nitrogen and oxygen atoms in total. The highest BCUT2D eigenvalue weighted by Crippen LogP contribution is 2.50. The minimum atomic E-state index is -0.835. The van der Waals surface area contributed by atoms with E-state index in [1.165, 1.54) is 11.3 Å². The zero-order chi connectivity index (χ0) is 37.5. The van der Waals surface area contributed by atoms with E-state index in [9.17, 15) is 9.90 Å². The molecule has 4 aromatic carbocycles. The monoisotopic (exact) mass is 727 g/mol. The number of benzene rings is 4. The van der Waals surface area contributed by atoms with Gasteiger partial charge in [0.1, 0.15) is 18.1 Å². The highest BCUT2D eigenvalue weighted by molar-refractivity contribution is 7.99. The van der Waals surface area contributed by atoms with Crippen LogP contribution in [-0.2, 0) is 24.4 Å².